The molecule has 2 rings (SSSR count). The topological polar surface area (TPSA) is 51.5 Å². The van der Waals surface area contributed by atoms with Gasteiger partial charge in [-0.25, -0.2) is 4.79 Å². The molecule has 8 heteroatoms. The van der Waals surface area contributed by atoms with Crippen LogP contribution in [0.3, 0.4) is 0 Å². The Morgan fingerprint density at radius 3 is 2.59 bits per heavy atom. The first kappa shape index (κ1) is 17.2. The van der Waals surface area contributed by atoms with Crippen LogP contribution in [0.4, 0.5) is 4.79 Å². The maximum atomic E-state index is 12.0. The van der Waals surface area contributed by atoms with Gasteiger partial charge in [-0.1, -0.05) is 23.5 Å². The molecular formula is C14H18N2O3S3. The quantitative estimate of drug-likeness (QED) is 0.638. The summed E-state index contributed by atoms with van der Waals surface area (Å²) in [5.74, 6) is 0. The minimum Gasteiger partial charge on any atom is -0.447 e. The normalized spacial score (nSPS) is 13.8. The van der Waals surface area contributed by atoms with E-state index >= 15 is 0 Å². The lowest BCUT2D eigenvalue weighted by Crippen LogP contribution is -2.40. The van der Waals surface area contributed by atoms with Crippen molar-refractivity contribution in [2.75, 3.05) is 6.61 Å². The Kier molecular flexibility index (Phi) is 5.82. The second-order valence-corrected chi connectivity index (χ2v) is 7.26. The second-order valence-electron chi connectivity index (χ2n) is 4.77. The smallest absolute Gasteiger partial charge is 0.411 e. The largest absolute Gasteiger partial charge is 0.447 e. The van der Waals surface area contributed by atoms with E-state index in [-0.39, 0.29) is 22.2 Å². The minimum absolute atomic E-state index is 0.0563. The first-order valence-electron chi connectivity index (χ1n) is 6.81. The Bertz CT molecular complexity index is 701. The van der Waals surface area contributed by atoms with Crippen LogP contribution in [-0.2, 0) is 11.3 Å². The van der Waals surface area contributed by atoms with Gasteiger partial charge in [0.1, 0.15) is 6.61 Å². The number of hydrogen-bond acceptors (Lipinski definition) is 6. The van der Waals surface area contributed by atoms with Crippen LogP contribution < -0.4 is 4.87 Å². The highest BCUT2D eigenvalue weighted by atomic mass is 32.1. The van der Waals surface area contributed by atoms with E-state index in [1.807, 2.05) is 24.3 Å². The molecule has 1 heterocycles. The molecule has 1 amide bonds. The number of amides is 1. The zero-order chi connectivity index (χ0) is 16.3. The molecule has 0 aliphatic carbocycles. The van der Waals surface area contributed by atoms with E-state index in [1.54, 1.807) is 18.4 Å². The fourth-order valence-electron chi connectivity index (χ4n) is 2.14. The highest BCUT2D eigenvalue weighted by Crippen LogP contribution is 2.17. The summed E-state index contributed by atoms with van der Waals surface area (Å²) in [6.07, 6.45) is -0.488. The zero-order valence-corrected chi connectivity index (χ0v) is 14.9. The molecular weight excluding hydrogens is 340 g/mol. The number of aromatic nitrogens is 1. The van der Waals surface area contributed by atoms with Gasteiger partial charge in [-0.15, -0.1) is 0 Å². The molecule has 22 heavy (non-hydrogen) atoms. The van der Waals surface area contributed by atoms with Crippen molar-refractivity contribution in [1.29, 1.82) is 0 Å². The fourth-order valence-corrected chi connectivity index (χ4v) is 3.75. The molecule has 120 valence electrons. The maximum absolute atomic E-state index is 12.0. The van der Waals surface area contributed by atoms with Crippen LogP contribution in [0.25, 0.3) is 10.2 Å². The van der Waals surface area contributed by atoms with E-state index in [0.717, 1.165) is 10.2 Å². The molecule has 5 nitrogen and oxygen atoms in total. The van der Waals surface area contributed by atoms with Crippen molar-refractivity contribution in [2.24, 2.45) is 0 Å². The van der Waals surface area contributed by atoms with Crippen molar-refractivity contribution in [3.8, 4) is 0 Å². The Balaban J connectivity index is 2.02. The van der Waals surface area contributed by atoms with Crippen LogP contribution in [-0.4, -0.2) is 32.9 Å². The van der Waals surface area contributed by atoms with E-state index in [1.165, 1.54) is 16.2 Å². The van der Waals surface area contributed by atoms with Gasteiger partial charge < -0.3 is 4.74 Å². The van der Waals surface area contributed by atoms with E-state index in [2.05, 4.69) is 25.3 Å². The molecule has 0 bridgehead atoms. The summed E-state index contributed by atoms with van der Waals surface area (Å²) in [7, 11) is 0. The molecule has 1 aromatic heterocycles. The first-order chi connectivity index (χ1) is 10.4. The molecule has 0 saturated carbocycles. The summed E-state index contributed by atoms with van der Waals surface area (Å²) in [5.41, 5.74) is 0.857. The van der Waals surface area contributed by atoms with Gasteiger partial charge in [0.25, 0.3) is 0 Å². The van der Waals surface area contributed by atoms with Crippen molar-refractivity contribution < 1.29 is 9.53 Å². The molecule has 0 fully saturated rings. The lowest BCUT2D eigenvalue weighted by Gasteiger charge is -2.28. The third-order valence-electron chi connectivity index (χ3n) is 3.13. The van der Waals surface area contributed by atoms with E-state index in [4.69, 9.17) is 4.74 Å². The number of hydrogen-bond donors (Lipinski definition) is 2. The number of rotatable bonds is 5. The predicted octanol–water partition coefficient (Wildman–Crippen LogP) is 3.05. The van der Waals surface area contributed by atoms with E-state index in [0.29, 0.717) is 6.54 Å². The number of ether oxygens (including phenoxy) is 1. The second kappa shape index (κ2) is 7.43. The van der Waals surface area contributed by atoms with Crippen LogP contribution in [0.15, 0.2) is 29.1 Å². The fraction of sp³-hybridized carbons (Fsp3) is 0.429. The van der Waals surface area contributed by atoms with Crippen molar-refractivity contribution in [1.82, 2.24) is 9.47 Å². The molecule has 0 aliphatic heterocycles. The van der Waals surface area contributed by atoms with Crippen LogP contribution in [0.5, 0.6) is 0 Å². The minimum atomic E-state index is -0.488. The summed E-state index contributed by atoms with van der Waals surface area (Å²) in [5, 5.41) is -0.602. The highest BCUT2D eigenvalue weighted by Gasteiger charge is 2.22. The Morgan fingerprint density at radius 2 is 1.95 bits per heavy atom. The van der Waals surface area contributed by atoms with Crippen molar-refractivity contribution in [3.63, 3.8) is 0 Å². The third-order valence-corrected chi connectivity index (χ3v) is 4.59. The van der Waals surface area contributed by atoms with Gasteiger partial charge in [0.15, 0.2) is 0 Å². The van der Waals surface area contributed by atoms with Gasteiger partial charge in [0, 0.05) is 0 Å². The van der Waals surface area contributed by atoms with Crippen molar-refractivity contribution >= 4 is 52.9 Å². The molecule has 2 unspecified atom stereocenters. The number of thiol groups is 2. The Labute approximate surface area is 143 Å². The molecule has 0 N–H and O–H groups in total. The Morgan fingerprint density at radius 1 is 1.32 bits per heavy atom. The standard InChI is InChI=1S/C14H18N2O3S3/c1-9(20)16(10(2)21)13(17)19-8-7-15-11-5-3-4-6-12(11)22-14(15)18/h3-6,9-10,20-21H,7-8H2,1-2H3. The van der Waals surface area contributed by atoms with E-state index < -0.39 is 6.09 Å². The van der Waals surface area contributed by atoms with Gasteiger partial charge >= 0.3 is 11.0 Å². The number of para-hydroxylation sites is 1. The average molecular weight is 359 g/mol. The summed E-state index contributed by atoms with van der Waals surface area (Å²) in [4.78, 5) is 25.4. The molecule has 0 saturated heterocycles. The monoisotopic (exact) mass is 358 g/mol. The summed E-state index contributed by atoms with van der Waals surface area (Å²) in [6, 6.07) is 7.55. The molecule has 0 spiro atoms. The van der Waals surface area contributed by atoms with Gasteiger partial charge in [-0.2, -0.15) is 25.3 Å². The zero-order valence-electron chi connectivity index (χ0n) is 12.3. The van der Waals surface area contributed by atoms with Gasteiger partial charge in [0.2, 0.25) is 0 Å². The number of carbonyl (C=O) groups is 1. The number of carbonyl (C=O) groups excluding carboxylic acids is 1. The number of fused-ring (bicyclic) bond motifs is 1. The van der Waals surface area contributed by atoms with Gasteiger partial charge in [-0.3, -0.25) is 14.3 Å². The predicted molar refractivity (Wildman–Crippen MR) is 96.2 cm³/mol. The number of nitrogens with zero attached hydrogens (tertiary/aromatic N) is 2. The van der Waals surface area contributed by atoms with Gasteiger partial charge in [0.05, 0.1) is 27.5 Å². The SMILES string of the molecule is CC(S)N(C(=O)OCCn1c(=O)sc2ccccc21)C(C)S. The summed E-state index contributed by atoms with van der Waals surface area (Å²) < 4.78 is 7.78. The van der Waals surface area contributed by atoms with E-state index in [9.17, 15) is 9.59 Å². The average Bonchev–Trinajstić information content (AvgIpc) is 2.74. The first-order valence-corrected chi connectivity index (χ1v) is 8.66. The summed E-state index contributed by atoms with van der Waals surface area (Å²) in [6.45, 7) is 3.99. The van der Waals surface area contributed by atoms with Crippen molar-refractivity contribution in [3.05, 3.63) is 33.9 Å². The molecule has 1 aromatic carbocycles. The Hall–Kier alpha value is -1.12. The molecule has 2 aromatic rings. The molecule has 2 atom stereocenters. The lowest BCUT2D eigenvalue weighted by atomic mass is 10.3. The van der Waals surface area contributed by atoms with Crippen LogP contribution in [0.2, 0.25) is 0 Å². The van der Waals surface area contributed by atoms with Crippen LogP contribution >= 0.6 is 36.6 Å². The molecule has 0 radical (unpaired) electrons. The summed E-state index contributed by atoms with van der Waals surface area (Å²) >= 11 is 9.67. The number of thiazole rings is 1. The molecule has 0 aliphatic rings. The third kappa shape index (κ3) is 3.80. The van der Waals surface area contributed by atoms with Crippen LogP contribution in [0, 0.1) is 0 Å². The van der Waals surface area contributed by atoms with Crippen molar-refractivity contribution in [2.45, 2.75) is 31.1 Å². The number of benzene rings is 1. The highest BCUT2D eigenvalue weighted by molar-refractivity contribution is 7.81. The van der Waals surface area contributed by atoms with Crippen LogP contribution in [0.1, 0.15) is 13.8 Å². The van der Waals surface area contributed by atoms with Gasteiger partial charge in [-0.05, 0) is 26.0 Å². The lowest BCUT2D eigenvalue weighted by molar-refractivity contribution is 0.0959. The maximum Gasteiger partial charge on any atom is 0.411 e.